The summed E-state index contributed by atoms with van der Waals surface area (Å²) in [4.78, 5) is 6.74. The number of pyridine rings is 1. The Balaban J connectivity index is 2.08. The number of hydrogen-bond donors (Lipinski definition) is 1. The highest BCUT2D eigenvalue weighted by molar-refractivity contribution is 6.30. The first kappa shape index (κ1) is 12.3. The second-order valence-electron chi connectivity index (χ2n) is 4.94. The predicted molar refractivity (Wildman–Crippen MR) is 80.2 cm³/mol. The standard InChI is InChI=1S/C15H16ClN3/c1-10-7-12(16)9-18-15(10)19-6-2-3-11-8-13(17)4-5-14(11)19/h4-5,7-9H,2-3,6,17H2,1H3. The van der Waals surface area contributed by atoms with Crippen LogP contribution in [0.4, 0.5) is 17.2 Å². The van der Waals surface area contributed by atoms with Crippen LogP contribution in [0.5, 0.6) is 0 Å². The number of nitrogen functional groups attached to an aromatic ring is 1. The van der Waals surface area contributed by atoms with Gasteiger partial charge in [0.25, 0.3) is 0 Å². The average Bonchev–Trinajstić information content (AvgIpc) is 2.38. The van der Waals surface area contributed by atoms with E-state index >= 15 is 0 Å². The molecule has 2 N–H and O–H groups in total. The molecule has 0 amide bonds. The van der Waals surface area contributed by atoms with Gasteiger partial charge in [-0.2, -0.15) is 0 Å². The minimum absolute atomic E-state index is 0.677. The molecule has 0 aliphatic carbocycles. The highest BCUT2D eigenvalue weighted by atomic mass is 35.5. The van der Waals surface area contributed by atoms with Crippen molar-refractivity contribution in [2.45, 2.75) is 19.8 Å². The molecule has 1 aliphatic heterocycles. The van der Waals surface area contributed by atoms with Gasteiger partial charge in [0.15, 0.2) is 0 Å². The highest BCUT2D eigenvalue weighted by Gasteiger charge is 2.20. The fraction of sp³-hybridized carbons (Fsp3) is 0.267. The number of nitrogens with two attached hydrogens (primary N) is 1. The van der Waals surface area contributed by atoms with Crippen molar-refractivity contribution in [3.05, 3.63) is 46.6 Å². The van der Waals surface area contributed by atoms with E-state index in [1.54, 1.807) is 6.20 Å². The van der Waals surface area contributed by atoms with Crippen molar-refractivity contribution in [1.29, 1.82) is 0 Å². The molecule has 2 aromatic rings. The Morgan fingerprint density at radius 2 is 2.16 bits per heavy atom. The Hall–Kier alpha value is -1.74. The number of hydrogen-bond acceptors (Lipinski definition) is 3. The van der Waals surface area contributed by atoms with Crippen LogP contribution in [0.25, 0.3) is 0 Å². The second kappa shape index (κ2) is 4.74. The van der Waals surface area contributed by atoms with Gasteiger partial charge < -0.3 is 10.6 Å². The van der Waals surface area contributed by atoms with Crippen LogP contribution >= 0.6 is 11.6 Å². The molecule has 1 aromatic heterocycles. The number of aromatic nitrogens is 1. The van der Waals surface area contributed by atoms with E-state index in [2.05, 4.69) is 22.0 Å². The molecule has 1 aromatic carbocycles. The van der Waals surface area contributed by atoms with Crippen LogP contribution in [0.15, 0.2) is 30.5 Å². The number of anilines is 3. The molecule has 1 aliphatic rings. The molecular formula is C15H16ClN3. The van der Waals surface area contributed by atoms with Gasteiger partial charge in [0.1, 0.15) is 5.82 Å². The number of aryl methyl sites for hydroxylation is 2. The maximum Gasteiger partial charge on any atom is 0.135 e. The van der Waals surface area contributed by atoms with Crippen LogP contribution in [0.2, 0.25) is 5.02 Å². The number of halogens is 1. The largest absolute Gasteiger partial charge is 0.399 e. The van der Waals surface area contributed by atoms with Crippen LogP contribution in [0, 0.1) is 6.92 Å². The molecule has 0 saturated heterocycles. The molecule has 0 radical (unpaired) electrons. The lowest BCUT2D eigenvalue weighted by molar-refractivity contribution is 0.758. The van der Waals surface area contributed by atoms with Crippen molar-refractivity contribution in [3.8, 4) is 0 Å². The van der Waals surface area contributed by atoms with E-state index in [0.717, 1.165) is 36.5 Å². The van der Waals surface area contributed by atoms with Crippen molar-refractivity contribution < 1.29 is 0 Å². The summed E-state index contributed by atoms with van der Waals surface area (Å²) in [6, 6.07) is 8.05. The Labute approximate surface area is 118 Å². The number of fused-ring (bicyclic) bond motifs is 1. The van der Waals surface area contributed by atoms with Gasteiger partial charge in [0.2, 0.25) is 0 Å². The van der Waals surface area contributed by atoms with Crippen LogP contribution < -0.4 is 10.6 Å². The maximum absolute atomic E-state index is 5.98. The van der Waals surface area contributed by atoms with E-state index in [4.69, 9.17) is 17.3 Å². The quantitative estimate of drug-likeness (QED) is 0.806. The zero-order valence-electron chi connectivity index (χ0n) is 10.9. The lowest BCUT2D eigenvalue weighted by atomic mass is 10.0. The van der Waals surface area contributed by atoms with E-state index in [9.17, 15) is 0 Å². The molecule has 0 unspecified atom stereocenters. The van der Waals surface area contributed by atoms with Gasteiger partial charge in [-0.25, -0.2) is 4.98 Å². The predicted octanol–water partition coefficient (Wildman–Crippen LogP) is 3.71. The zero-order chi connectivity index (χ0) is 13.4. The minimum Gasteiger partial charge on any atom is -0.399 e. The first-order valence-corrected chi connectivity index (χ1v) is 6.81. The topological polar surface area (TPSA) is 42.2 Å². The molecule has 0 bridgehead atoms. The summed E-state index contributed by atoms with van der Waals surface area (Å²) in [6.45, 7) is 3.02. The molecule has 2 heterocycles. The SMILES string of the molecule is Cc1cc(Cl)cnc1N1CCCc2cc(N)ccc21. The van der Waals surface area contributed by atoms with Crippen molar-refractivity contribution in [2.75, 3.05) is 17.2 Å². The number of nitrogens with zero attached hydrogens (tertiary/aromatic N) is 2. The van der Waals surface area contributed by atoms with Crippen molar-refractivity contribution >= 4 is 28.8 Å². The van der Waals surface area contributed by atoms with Gasteiger partial charge in [-0.05, 0) is 55.2 Å². The average molecular weight is 274 g/mol. The molecule has 98 valence electrons. The molecular weight excluding hydrogens is 258 g/mol. The van der Waals surface area contributed by atoms with E-state index in [1.165, 1.54) is 11.3 Å². The smallest absolute Gasteiger partial charge is 0.135 e. The summed E-state index contributed by atoms with van der Waals surface area (Å²) in [5.74, 6) is 0.982. The van der Waals surface area contributed by atoms with E-state index in [1.807, 2.05) is 19.1 Å². The lowest BCUT2D eigenvalue weighted by Crippen LogP contribution is -2.26. The van der Waals surface area contributed by atoms with Crippen LogP contribution in [-0.4, -0.2) is 11.5 Å². The van der Waals surface area contributed by atoms with Crippen LogP contribution in [0.1, 0.15) is 17.5 Å². The van der Waals surface area contributed by atoms with E-state index < -0.39 is 0 Å². The van der Waals surface area contributed by atoms with Crippen LogP contribution in [0.3, 0.4) is 0 Å². The Bertz CT molecular complexity index is 625. The number of rotatable bonds is 1. The summed E-state index contributed by atoms with van der Waals surface area (Å²) in [5.41, 5.74) is 10.3. The Kier molecular flexibility index (Phi) is 3.07. The third kappa shape index (κ3) is 2.26. The van der Waals surface area contributed by atoms with Gasteiger partial charge in [-0.3, -0.25) is 0 Å². The molecule has 0 spiro atoms. The van der Waals surface area contributed by atoms with Crippen molar-refractivity contribution in [1.82, 2.24) is 4.98 Å². The molecule has 3 nitrogen and oxygen atoms in total. The Morgan fingerprint density at radius 1 is 1.32 bits per heavy atom. The van der Waals surface area contributed by atoms with Gasteiger partial charge >= 0.3 is 0 Å². The molecule has 0 saturated carbocycles. The van der Waals surface area contributed by atoms with Gasteiger partial charge in [0, 0.05) is 24.1 Å². The molecule has 0 fully saturated rings. The summed E-state index contributed by atoms with van der Waals surface area (Å²) in [7, 11) is 0. The fourth-order valence-electron chi connectivity index (χ4n) is 2.65. The molecule has 0 atom stereocenters. The summed E-state index contributed by atoms with van der Waals surface area (Å²) in [6.07, 6.45) is 3.89. The van der Waals surface area contributed by atoms with Crippen molar-refractivity contribution in [3.63, 3.8) is 0 Å². The fourth-order valence-corrected chi connectivity index (χ4v) is 2.87. The van der Waals surface area contributed by atoms with Crippen molar-refractivity contribution in [2.24, 2.45) is 0 Å². The maximum atomic E-state index is 5.98. The molecule has 3 rings (SSSR count). The zero-order valence-corrected chi connectivity index (χ0v) is 11.6. The summed E-state index contributed by atoms with van der Waals surface area (Å²) < 4.78 is 0. The molecule has 4 heteroatoms. The first-order valence-electron chi connectivity index (χ1n) is 6.43. The van der Waals surface area contributed by atoms with Gasteiger partial charge in [-0.1, -0.05) is 11.6 Å². The minimum atomic E-state index is 0.677. The van der Waals surface area contributed by atoms with Gasteiger partial charge in [-0.15, -0.1) is 0 Å². The Morgan fingerprint density at radius 3 is 2.95 bits per heavy atom. The van der Waals surface area contributed by atoms with Gasteiger partial charge in [0.05, 0.1) is 5.02 Å². The van der Waals surface area contributed by atoms with E-state index in [-0.39, 0.29) is 0 Å². The lowest BCUT2D eigenvalue weighted by Gasteiger charge is -2.31. The van der Waals surface area contributed by atoms with Crippen LogP contribution in [-0.2, 0) is 6.42 Å². The second-order valence-corrected chi connectivity index (χ2v) is 5.37. The monoisotopic (exact) mass is 273 g/mol. The first-order chi connectivity index (χ1) is 9.15. The number of benzene rings is 1. The molecule has 19 heavy (non-hydrogen) atoms. The normalized spacial score (nSPS) is 14.3. The summed E-state index contributed by atoms with van der Waals surface area (Å²) in [5, 5.41) is 0.677. The third-order valence-electron chi connectivity index (χ3n) is 3.50. The third-order valence-corrected chi connectivity index (χ3v) is 3.70. The van der Waals surface area contributed by atoms with E-state index in [0.29, 0.717) is 5.02 Å². The highest BCUT2D eigenvalue weighted by Crippen LogP contribution is 2.35. The summed E-state index contributed by atoms with van der Waals surface area (Å²) >= 11 is 5.98.